The minimum absolute atomic E-state index is 0.0809. The lowest BCUT2D eigenvalue weighted by Crippen LogP contribution is -2.44. The zero-order chi connectivity index (χ0) is 19.1. The van der Waals surface area contributed by atoms with Crippen LogP contribution in [-0.4, -0.2) is 41.5 Å². The van der Waals surface area contributed by atoms with Crippen LogP contribution in [0.5, 0.6) is 0 Å². The van der Waals surface area contributed by atoms with Gasteiger partial charge in [0.05, 0.1) is 12.6 Å². The molecular weight excluding hydrogens is 434 g/mol. The van der Waals surface area contributed by atoms with E-state index in [-0.39, 0.29) is 6.54 Å². The molecule has 1 aliphatic heterocycles. The maximum absolute atomic E-state index is 13.3. The lowest BCUT2D eigenvalue weighted by Gasteiger charge is -2.36. The largest absolute Gasteiger partial charge is 0.387 e. The standard InChI is InChI=1S/C19H22BrNO3S2/c1-13-10-19(2,26(23,24)21-9-8-16(22)12-21)11-17(18(13)25-3)14-4-6-15(20)7-5-14/h4-10,16,22H,11-12H2,1-3H3. The molecule has 1 N–H and O–H groups in total. The second kappa shape index (κ2) is 7.19. The summed E-state index contributed by atoms with van der Waals surface area (Å²) in [6.07, 6.45) is 6.51. The van der Waals surface area contributed by atoms with Gasteiger partial charge in [0.25, 0.3) is 0 Å². The van der Waals surface area contributed by atoms with Gasteiger partial charge in [0.1, 0.15) is 4.75 Å². The van der Waals surface area contributed by atoms with Crippen molar-refractivity contribution in [2.45, 2.75) is 31.1 Å². The van der Waals surface area contributed by atoms with E-state index in [9.17, 15) is 13.5 Å². The highest BCUT2D eigenvalue weighted by molar-refractivity contribution is 9.10. The molecule has 0 fully saturated rings. The van der Waals surface area contributed by atoms with Gasteiger partial charge in [0.15, 0.2) is 0 Å². The molecule has 2 aliphatic rings. The maximum Gasteiger partial charge on any atom is 0.244 e. The van der Waals surface area contributed by atoms with Crippen molar-refractivity contribution in [3.63, 3.8) is 0 Å². The summed E-state index contributed by atoms with van der Waals surface area (Å²) in [5.74, 6) is 0. The smallest absolute Gasteiger partial charge is 0.244 e. The van der Waals surface area contributed by atoms with E-state index >= 15 is 0 Å². The Kier molecular flexibility index (Phi) is 5.45. The van der Waals surface area contributed by atoms with Crippen molar-refractivity contribution in [1.82, 2.24) is 4.31 Å². The fourth-order valence-electron chi connectivity index (χ4n) is 3.53. The Morgan fingerprint density at radius 3 is 2.50 bits per heavy atom. The molecule has 1 aromatic rings. The molecule has 1 aliphatic carbocycles. The summed E-state index contributed by atoms with van der Waals surface area (Å²) in [5, 5.41) is 9.71. The number of hydrogen-bond acceptors (Lipinski definition) is 4. The van der Waals surface area contributed by atoms with E-state index in [1.54, 1.807) is 18.7 Å². The van der Waals surface area contributed by atoms with Gasteiger partial charge < -0.3 is 5.11 Å². The molecule has 3 rings (SSSR count). The highest BCUT2D eigenvalue weighted by Gasteiger charge is 2.45. The van der Waals surface area contributed by atoms with Crippen LogP contribution in [0.25, 0.3) is 5.57 Å². The zero-order valence-electron chi connectivity index (χ0n) is 14.9. The van der Waals surface area contributed by atoms with Gasteiger partial charge in [-0.15, -0.1) is 11.8 Å². The Morgan fingerprint density at radius 1 is 1.31 bits per heavy atom. The number of β-amino-alcohol motifs (C(OH)–C–C–N with tert-alkyl or cyclic N) is 1. The maximum atomic E-state index is 13.3. The van der Waals surface area contributed by atoms with Crippen molar-refractivity contribution in [2.75, 3.05) is 12.8 Å². The lowest BCUT2D eigenvalue weighted by molar-refractivity contribution is 0.217. The molecule has 0 bridgehead atoms. The number of benzene rings is 1. The van der Waals surface area contributed by atoms with Crippen molar-refractivity contribution >= 4 is 43.3 Å². The van der Waals surface area contributed by atoms with E-state index in [0.717, 1.165) is 26.1 Å². The first kappa shape index (κ1) is 19.7. The third-order valence-corrected chi connectivity index (χ3v) is 8.65. The molecule has 0 spiro atoms. The normalized spacial score (nSPS) is 26.4. The van der Waals surface area contributed by atoms with Gasteiger partial charge in [0.2, 0.25) is 10.0 Å². The van der Waals surface area contributed by atoms with Gasteiger partial charge in [0, 0.05) is 15.6 Å². The Morgan fingerprint density at radius 2 is 1.96 bits per heavy atom. The summed E-state index contributed by atoms with van der Waals surface area (Å²) < 4.78 is 27.8. The first-order chi connectivity index (χ1) is 12.2. The molecular formula is C19H22BrNO3S2. The van der Waals surface area contributed by atoms with Gasteiger partial charge in [-0.3, -0.25) is 4.31 Å². The van der Waals surface area contributed by atoms with Gasteiger partial charge in [-0.1, -0.05) is 34.1 Å². The van der Waals surface area contributed by atoms with Crippen molar-refractivity contribution in [3.8, 4) is 0 Å². The van der Waals surface area contributed by atoms with Gasteiger partial charge in [-0.2, -0.15) is 0 Å². The first-order valence-corrected chi connectivity index (χ1v) is 11.7. The summed E-state index contributed by atoms with van der Waals surface area (Å²) in [7, 11) is -3.65. The highest BCUT2D eigenvalue weighted by atomic mass is 79.9. The number of sulfonamides is 1. The molecule has 0 saturated carbocycles. The average Bonchev–Trinajstić information content (AvgIpc) is 3.02. The lowest BCUT2D eigenvalue weighted by atomic mass is 9.87. The zero-order valence-corrected chi connectivity index (χ0v) is 18.2. The topological polar surface area (TPSA) is 57.6 Å². The molecule has 2 atom stereocenters. The van der Waals surface area contributed by atoms with E-state index in [4.69, 9.17) is 0 Å². The van der Waals surface area contributed by atoms with Crippen molar-refractivity contribution < 1.29 is 13.5 Å². The molecule has 0 aromatic heterocycles. The molecule has 1 aromatic carbocycles. The van der Waals surface area contributed by atoms with Crippen LogP contribution in [0.2, 0.25) is 0 Å². The number of halogens is 1. The summed E-state index contributed by atoms with van der Waals surface area (Å²) in [5.41, 5.74) is 3.04. The summed E-state index contributed by atoms with van der Waals surface area (Å²) in [6, 6.07) is 7.97. The Labute approximate surface area is 167 Å². The number of thioether (sulfide) groups is 1. The number of hydrogen-bond donors (Lipinski definition) is 1. The molecule has 0 amide bonds. The molecule has 4 nitrogen and oxygen atoms in total. The van der Waals surface area contributed by atoms with Crippen LogP contribution in [-0.2, 0) is 10.0 Å². The molecule has 1 heterocycles. The quantitative estimate of drug-likeness (QED) is 0.740. The number of allylic oxidation sites excluding steroid dienone is 2. The van der Waals surface area contributed by atoms with Crippen molar-refractivity contribution in [1.29, 1.82) is 0 Å². The van der Waals surface area contributed by atoms with Crippen LogP contribution >= 0.6 is 27.7 Å². The molecule has 7 heteroatoms. The number of nitrogens with zero attached hydrogens (tertiary/aromatic N) is 1. The fraction of sp³-hybridized carbons (Fsp3) is 0.368. The third-order valence-electron chi connectivity index (χ3n) is 4.82. The van der Waals surface area contributed by atoms with Crippen LogP contribution in [0.4, 0.5) is 0 Å². The predicted octanol–water partition coefficient (Wildman–Crippen LogP) is 4.15. The average molecular weight is 456 g/mol. The minimum atomic E-state index is -3.65. The number of aliphatic hydroxyl groups is 1. The predicted molar refractivity (Wildman–Crippen MR) is 112 cm³/mol. The van der Waals surface area contributed by atoms with Crippen LogP contribution in [0.15, 0.2) is 57.6 Å². The van der Waals surface area contributed by atoms with E-state index in [1.807, 2.05) is 43.5 Å². The van der Waals surface area contributed by atoms with Crippen LogP contribution in [0, 0.1) is 0 Å². The number of rotatable bonds is 4. The summed E-state index contributed by atoms with van der Waals surface area (Å²) >= 11 is 5.09. The highest BCUT2D eigenvalue weighted by Crippen LogP contribution is 2.45. The van der Waals surface area contributed by atoms with Crippen LogP contribution < -0.4 is 0 Å². The van der Waals surface area contributed by atoms with E-state index in [1.165, 1.54) is 16.6 Å². The fourth-order valence-corrected chi connectivity index (χ4v) is 6.37. The minimum Gasteiger partial charge on any atom is -0.387 e. The first-order valence-electron chi connectivity index (χ1n) is 8.28. The van der Waals surface area contributed by atoms with Gasteiger partial charge >= 0.3 is 0 Å². The second-order valence-electron chi connectivity index (χ2n) is 6.82. The van der Waals surface area contributed by atoms with E-state index in [2.05, 4.69) is 15.9 Å². The van der Waals surface area contributed by atoms with Crippen LogP contribution in [0.1, 0.15) is 25.8 Å². The molecule has 140 valence electrons. The Hall–Kier alpha value is -1.02. The Bertz CT molecular complexity index is 903. The Balaban J connectivity index is 2.06. The summed E-state index contributed by atoms with van der Waals surface area (Å²) in [4.78, 5) is 1.12. The SMILES string of the molecule is CSC1=C(c2ccc(Br)cc2)CC(C)(S(=O)(=O)N2C=CC(O)C2)C=C1C. The number of aliphatic hydroxyl groups excluding tert-OH is 1. The third kappa shape index (κ3) is 3.42. The molecule has 0 radical (unpaired) electrons. The van der Waals surface area contributed by atoms with Gasteiger partial charge in [-0.25, -0.2) is 8.42 Å². The monoisotopic (exact) mass is 455 g/mol. The van der Waals surface area contributed by atoms with Crippen molar-refractivity contribution in [2.24, 2.45) is 0 Å². The summed E-state index contributed by atoms with van der Waals surface area (Å²) in [6.45, 7) is 3.81. The molecule has 26 heavy (non-hydrogen) atoms. The molecule has 0 saturated heterocycles. The van der Waals surface area contributed by atoms with Crippen LogP contribution in [0.3, 0.4) is 0 Å². The van der Waals surface area contributed by atoms with Crippen molar-refractivity contribution in [3.05, 3.63) is 63.1 Å². The second-order valence-corrected chi connectivity index (χ2v) is 10.9. The molecule has 2 unspecified atom stereocenters. The van der Waals surface area contributed by atoms with E-state index in [0.29, 0.717) is 6.42 Å². The van der Waals surface area contributed by atoms with Gasteiger partial charge in [-0.05, 0) is 61.4 Å². The van der Waals surface area contributed by atoms with E-state index < -0.39 is 20.9 Å².